The van der Waals surface area contributed by atoms with Gasteiger partial charge in [0.1, 0.15) is 18.5 Å². The van der Waals surface area contributed by atoms with Gasteiger partial charge in [-0.05, 0) is 24.8 Å². The molecule has 0 unspecified atom stereocenters. The van der Waals surface area contributed by atoms with E-state index in [4.69, 9.17) is 5.73 Å². The fourth-order valence-corrected chi connectivity index (χ4v) is 4.67. The maximum Gasteiger partial charge on any atom is 0.251 e. The average molecular weight is 407 g/mol. The van der Waals surface area contributed by atoms with Crippen molar-refractivity contribution >= 4 is 11.6 Å². The van der Waals surface area contributed by atoms with Gasteiger partial charge < -0.3 is 15.2 Å². The number of halogens is 1. The molecule has 5 rings (SSSR count). The van der Waals surface area contributed by atoms with Crippen LogP contribution >= 0.6 is 0 Å². The highest BCUT2D eigenvalue weighted by Crippen LogP contribution is 2.38. The number of nitrogen functional groups attached to an aromatic ring is 1. The van der Waals surface area contributed by atoms with Crippen LogP contribution in [0, 0.1) is 11.7 Å². The highest BCUT2D eigenvalue weighted by atomic mass is 19.1. The van der Waals surface area contributed by atoms with Gasteiger partial charge in [-0.2, -0.15) is 0 Å². The summed E-state index contributed by atoms with van der Waals surface area (Å²) in [5.41, 5.74) is 8.44. The fraction of sp³-hybridized carbons (Fsp3) is 0.381. The van der Waals surface area contributed by atoms with Crippen molar-refractivity contribution in [1.29, 1.82) is 0 Å². The lowest BCUT2D eigenvalue weighted by Crippen LogP contribution is -2.47. The molecule has 2 bridgehead atoms. The largest absolute Gasteiger partial charge is 0.384 e. The summed E-state index contributed by atoms with van der Waals surface area (Å²) in [7, 11) is 0. The Labute approximate surface area is 172 Å². The van der Waals surface area contributed by atoms with Gasteiger partial charge in [0.05, 0.1) is 11.4 Å². The Hall–Kier alpha value is -3.36. The van der Waals surface area contributed by atoms with Crippen molar-refractivity contribution in [2.75, 3.05) is 23.7 Å². The van der Waals surface area contributed by atoms with Crippen LogP contribution in [0.25, 0.3) is 11.3 Å². The van der Waals surface area contributed by atoms with E-state index in [0.29, 0.717) is 49.1 Å². The highest BCUT2D eigenvalue weighted by molar-refractivity contribution is 5.62. The van der Waals surface area contributed by atoms with Crippen LogP contribution in [0.5, 0.6) is 0 Å². The minimum Gasteiger partial charge on any atom is -0.384 e. The van der Waals surface area contributed by atoms with Gasteiger partial charge in [-0.15, -0.1) is 0 Å². The van der Waals surface area contributed by atoms with Crippen molar-refractivity contribution in [2.45, 2.75) is 32.2 Å². The smallest absolute Gasteiger partial charge is 0.251 e. The molecular formula is C21H22FN7O. The molecule has 3 aromatic rings. The number of aryl methyl sites for hydroxylation is 1. The molecule has 3 aromatic heterocycles. The zero-order valence-electron chi connectivity index (χ0n) is 16.6. The van der Waals surface area contributed by atoms with Crippen molar-refractivity contribution in [3.05, 3.63) is 58.4 Å². The molecule has 0 radical (unpaired) electrons. The standard InChI is InChI=1S/C21H22FN7O/c1-2-15-20(22)21(27-11-24-15)28-7-12-3-14(9-28)17-4-13(5-19(30)29(17)8-12)16-6-18(23)26-10-25-16/h4-6,10-12,14H,2-3,7-9H2,1H3,(H2,23,25,26)/t12-,14+/m0/s1. The van der Waals surface area contributed by atoms with Crippen molar-refractivity contribution in [3.8, 4) is 11.3 Å². The first-order chi connectivity index (χ1) is 14.5. The molecular weight excluding hydrogens is 385 g/mol. The van der Waals surface area contributed by atoms with Gasteiger partial charge in [-0.3, -0.25) is 4.79 Å². The summed E-state index contributed by atoms with van der Waals surface area (Å²) >= 11 is 0. The van der Waals surface area contributed by atoms with Gasteiger partial charge in [-0.1, -0.05) is 6.92 Å². The molecule has 2 aliphatic rings. The molecule has 0 aliphatic carbocycles. The molecule has 8 nitrogen and oxygen atoms in total. The molecule has 2 atom stereocenters. The Kier molecular flexibility index (Phi) is 4.45. The van der Waals surface area contributed by atoms with Gasteiger partial charge in [0, 0.05) is 48.9 Å². The number of aromatic nitrogens is 5. The molecule has 2 aliphatic heterocycles. The molecule has 1 fully saturated rings. The van der Waals surface area contributed by atoms with Crippen LogP contribution in [-0.2, 0) is 13.0 Å². The highest BCUT2D eigenvalue weighted by Gasteiger charge is 2.36. The fourth-order valence-electron chi connectivity index (χ4n) is 4.67. The maximum absolute atomic E-state index is 14.9. The van der Waals surface area contributed by atoms with E-state index in [1.165, 1.54) is 12.7 Å². The normalized spacial score (nSPS) is 20.1. The Balaban J connectivity index is 1.53. The van der Waals surface area contributed by atoms with E-state index in [1.807, 2.05) is 22.5 Å². The van der Waals surface area contributed by atoms with Crippen LogP contribution in [0.2, 0.25) is 0 Å². The van der Waals surface area contributed by atoms with E-state index in [0.717, 1.165) is 17.7 Å². The van der Waals surface area contributed by atoms with Crippen molar-refractivity contribution < 1.29 is 4.39 Å². The maximum atomic E-state index is 14.9. The number of nitrogens with two attached hydrogens (primary N) is 1. The summed E-state index contributed by atoms with van der Waals surface area (Å²) in [4.78, 5) is 31.3. The number of nitrogens with zero attached hydrogens (tertiary/aromatic N) is 6. The minimum absolute atomic E-state index is 0.0516. The molecule has 0 saturated carbocycles. The second-order valence-corrected chi connectivity index (χ2v) is 7.96. The number of anilines is 2. The summed E-state index contributed by atoms with van der Waals surface area (Å²) in [5, 5.41) is 0. The summed E-state index contributed by atoms with van der Waals surface area (Å²) in [6.07, 6.45) is 4.30. The Bertz CT molecular complexity index is 1180. The Morgan fingerprint density at radius 2 is 1.93 bits per heavy atom. The zero-order valence-corrected chi connectivity index (χ0v) is 16.6. The van der Waals surface area contributed by atoms with Gasteiger partial charge in [-0.25, -0.2) is 24.3 Å². The number of pyridine rings is 1. The number of rotatable bonds is 3. The van der Waals surface area contributed by atoms with Crippen LogP contribution in [0.4, 0.5) is 16.0 Å². The van der Waals surface area contributed by atoms with Gasteiger partial charge >= 0.3 is 0 Å². The van der Waals surface area contributed by atoms with Crippen LogP contribution in [0.15, 0.2) is 35.6 Å². The first-order valence-corrected chi connectivity index (χ1v) is 10.1. The quantitative estimate of drug-likeness (QED) is 0.708. The SMILES string of the molecule is CCc1ncnc(N2C[C@@H]3C[C@H](C2)c2cc(-c4cc(N)ncn4)cc(=O)n2C3)c1F. The van der Waals surface area contributed by atoms with Gasteiger partial charge in [0.25, 0.3) is 5.56 Å². The monoisotopic (exact) mass is 407 g/mol. The summed E-state index contributed by atoms with van der Waals surface area (Å²) in [5.74, 6) is 0.722. The minimum atomic E-state index is -0.345. The first kappa shape index (κ1) is 18.7. The Morgan fingerprint density at radius 3 is 2.73 bits per heavy atom. The van der Waals surface area contributed by atoms with Gasteiger partial charge in [0.2, 0.25) is 0 Å². The lowest BCUT2D eigenvalue weighted by molar-refractivity contribution is 0.279. The summed E-state index contributed by atoms with van der Waals surface area (Å²) < 4.78 is 16.7. The number of fused-ring (bicyclic) bond motifs is 4. The lowest BCUT2D eigenvalue weighted by atomic mass is 9.82. The van der Waals surface area contributed by atoms with E-state index < -0.39 is 0 Å². The average Bonchev–Trinajstić information content (AvgIpc) is 2.74. The van der Waals surface area contributed by atoms with E-state index in [-0.39, 0.29) is 23.2 Å². The third-order valence-corrected chi connectivity index (χ3v) is 6.02. The Morgan fingerprint density at radius 1 is 1.10 bits per heavy atom. The molecule has 0 amide bonds. The predicted octanol–water partition coefficient (Wildman–Crippen LogP) is 2.00. The van der Waals surface area contributed by atoms with Crippen LogP contribution in [0.1, 0.15) is 30.7 Å². The van der Waals surface area contributed by atoms with Crippen molar-refractivity contribution in [3.63, 3.8) is 0 Å². The first-order valence-electron chi connectivity index (χ1n) is 10.1. The van der Waals surface area contributed by atoms with Crippen LogP contribution in [-0.4, -0.2) is 37.6 Å². The van der Waals surface area contributed by atoms with E-state index in [2.05, 4.69) is 19.9 Å². The molecule has 30 heavy (non-hydrogen) atoms. The zero-order chi connectivity index (χ0) is 20.8. The third-order valence-electron chi connectivity index (χ3n) is 6.02. The number of piperidine rings is 1. The molecule has 9 heteroatoms. The molecule has 154 valence electrons. The van der Waals surface area contributed by atoms with Crippen LogP contribution in [0.3, 0.4) is 0 Å². The second-order valence-electron chi connectivity index (χ2n) is 7.96. The van der Waals surface area contributed by atoms with E-state index in [9.17, 15) is 9.18 Å². The van der Waals surface area contributed by atoms with Gasteiger partial charge in [0.15, 0.2) is 11.6 Å². The van der Waals surface area contributed by atoms with Crippen LogP contribution < -0.4 is 16.2 Å². The molecule has 2 N–H and O–H groups in total. The molecule has 0 aromatic carbocycles. The summed E-state index contributed by atoms with van der Waals surface area (Å²) in [6.45, 7) is 3.76. The van der Waals surface area contributed by atoms with E-state index in [1.54, 1.807) is 12.1 Å². The van der Waals surface area contributed by atoms with Crippen molar-refractivity contribution in [2.24, 2.45) is 5.92 Å². The molecule has 5 heterocycles. The van der Waals surface area contributed by atoms with Crippen molar-refractivity contribution in [1.82, 2.24) is 24.5 Å². The molecule has 1 saturated heterocycles. The molecule has 0 spiro atoms. The predicted molar refractivity (Wildman–Crippen MR) is 111 cm³/mol. The third kappa shape index (κ3) is 3.10. The lowest BCUT2D eigenvalue weighted by Gasteiger charge is -2.43. The topological polar surface area (TPSA) is 103 Å². The summed E-state index contributed by atoms with van der Waals surface area (Å²) in [6, 6.07) is 5.26. The second kappa shape index (κ2) is 7.16. The number of hydrogen-bond donors (Lipinski definition) is 1. The van der Waals surface area contributed by atoms with E-state index >= 15 is 0 Å². The number of hydrogen-bond acceptors (Lipinski definition) is 7.